The SMILES string of the molecule is CCS(=O)(=O)CCCN1CCCC(C(C)NC)C1. The number of sulfone groups is 1. The van der Waals surface area contributed by atoms with Gasteiger partial charge in [-0.05, 0) is 52.2 Å². The Morgan fingerprint density at radius 2 is 2.17 bits per heavy atom. The van der Waals surface area contributed by atoms with Crippen molar-refractivity contribution in [2.24, 2.45) is 5.92 Å². The molecule has 1 fully saturated rings. The molecule has 1 saturated heterocycles. The molecule has 18 heavy (non-hydrogen) atoms. The molecule has 0 spiro atoms. The normalized spacial score (nSPS) is 24.1. The third-order valence-electron chi connectivity index (χ3n) is 4.07. The molecule has 108 valence electrons. The van der Waals surface area contributed by atoms with Gasteiger partial charge in [0.05, 0.1) is 5.75 Å². The van der Waals surface area contributed by atoms with Crippen LogP contribution in [0, 0.1) is 5.92 Å². The van der Waals surface area contributed by atoms with Crippen molar-refractivity contribution in [1.82, 2.24) is 10.2 Å². The standard InChI is InChI=1S/C13H28N2O2S/c1-4-18(16,17)10-6-9-15-8-5-7-13(11-15)12(2)14-3/h12-14H,4-11H2,1-3H3. The Morgan fingerprint density at radius 3 is 2.78 bits per heavy atom. The molecule has 1 aliphatic heterocycles. The average molecular weight is 276 g/mol. The minimum absolute atomic E-state index is 0.270. The van der Waals surface area contributed by atoms with Crippen LogP contribution in [-0.4, -0.2) is 57.5 Å². The van der Waals surface area contributed by atoms with Gasteiger partial charge in [0.25, 0.3) is 0 Å². The van der Waals surface area contributed by atoms with Crippen LogP contribution in [0.2, 0.25) is 0 Å². The fourth-order valence-corrected chi connectivity index (χ4v) is 3.45. The Hall–Kier alpha value is -0.130. The molecule has 0 radical (unpaired) electrons. The van der Waals surface area contributed by atoms with Crippen LogP contribution in [0.1, 0.15) is 33.1 Å². The van der Waals surface area contributed by atoms with Gasteiger partial charge in [-0.15, -0.1) is 0 Å². The highest BCUT2D eigenvalue weighted by Crippen LogP contribution is 2.19. The first kappa shape index (κ1) is 15.9. The number of piperidine rings is 1. The molecule has 0 aromatic heterocycles. The lowest BCUT2D eigenvalue weighted by Crippen LogP contribution is -2.43. The topological polar surface area (TPSA) is 49.4 Å². The van der Waals surface area contributed by atoms with Crippen molar-refractivity contribution in [3.05, 3.63) is 0 Å². The summed E-state index contributed by atoms with van der Waals surface area (Å²) in [6, 6.07) is 0.548. The van der Waals surface area contributed by atoms with Crippen molar-refractivity contribution in [1.29, 1.82) is 0 Å². The molecule has 5 heteroatoms. The van der Waals surface area contributed by atoms with Crippen LogP contribution < -0.4 is 5.32 Å². The van der Waals surface area contributed by atoms with Crippen LogP contribution in [0.3, 0.4) is 0 Å². The van der Waals surface area contributed by atoms with Crippen molar-refractivity contribution in [3.8, 4) is 0 Å². The quantitative estimate of drug-likeness (QED) is 0.757. The summed E-state index contributed by atoms with van der Waals surface area (Å²) in [4.78, 5) is 2.42. The van der Waals surface area contributed by atoms with Gasteiger partial charge >= 0.3 is 0 Å². The van der Waals surface area contributed by atoms with E-state index in [2.05, 4.69) is 17.1 Å². The van der Waals surface area contributed by atoms with Crippen molar-refractivity contribution in [3.63, 3.8) is 0 Å². The summed E-state index contributed by atoms with van der Waals surface area (Å²) in [5, 5.41) is 3.32. The second-order valence-corrected chi connectivity index (χ2v) is 7.84. The summed E-state index contributed by atoms with van der Waals surface area (Å²) in [5.41, 5.74) is 0. The Morgan fingerprint density at radius 1 is 1.44 bits per heavy atom. The molecule has 1 aliphatic rings. The third kappa shape index (κ3) is 5.24. The summed E-state index contributed by atoms with van der Waals surface area (Å²) in [6.07, 6.45) is 3.29. The number of rotatable bonds is 7. The minimum Gasteiger partial charge on any atom is -0.317 e. The van der Waals surface area contributed by atoms with E-state index in [4.69, 9.17) is 0 Å². The van der Waals surface area contributed by atoms with E-state index in [1.54, 1.807) is 6.92 Å². The van der Waals surface area contributed by atoms with Gasteiger partial charge in [-0.1, -0.05) is 6.92 Å². The molecular formula is C13H28N2O2S. The van der Waals surface area contributed by atoms with E-state index in [1.807, 2.05) is 7.05 Å². The average Bonchev–Trinajstić information content (AvgIpc) is 2.38. The Bertz CT molecular complexity index is 330. The van der Waals surface area contributed by atoms with Gasteiger partial charge in [-0.25, -0.2) is 8.42 Å². The maximum atomic E-state index is 11.4. The lowest BCUT2D eigenvalue weighted by atomic mass is 9.91. The largest absolute Gasteiger partial charge is 0.317 e. The molecule has 0 aromatic rings. The van der Waals surface area contributed by atoms with E-state index in [-0.39, 0.29) is 5.75 Å². The van der Waals surface area contributed by atoms with Crippen molar-refractivity contribution < 1.29 is 8.42 Å². The molecule has 0 amide bonds. The zero-order valence-corrected chi connectivity index (χ0v) is 12.8. The summed E-state index contributed by atoms with van der Waals surface area (Å²) in [7, 11) is -0.782. The van der Waals surface area contributed by atoms with E-state index in [0.717, 1.165) is 26.1 Å². The number of nitrogens with one attached hydrogen (secondary N) is 1. The molecule has 0 bridgehead atoms. The number of likely N-dealkylation sites (tertiary alicyclic amines) is 1. The van der Waals surface area contributed by atoms with E-state index in [1.165, 1.54) is 12.8 Å². The van der Waals surface area contributed by atoms with Crippen LogP contribution in [0.4, 0.5) is 0 Å². The summed E-state index contributed by atoms with van der Waals surface area (Å²) >= 11 is 0. The van der Waals surface area contributed by atoms with Crippen molar-refractivity contribution >= 4 is 9.84 Å². The number of hydrogen-bond donors (Lipinski definition) is 1. The smallest absolute Gasteiger partial charge is 0.150 e. The van der Waals surface area contributed by atoms with Gasteiger partial charge in [0.2, 0.25) is 0 Å². The van der Waals surface area contributed by atoms with E-state index >= 15 is 0 Å². The van der Waals surface area contributed by atoms with E-state index in [0.29, 0.717) is 17.7 Å². The van der Waals surface area contributed by atoms with Gasteiger partial charge in [-0.2, -0.15) is 0 Å². The Balaban J connectivity index is 2.30. The Kier molecular flexibility index (Phi) is 6.60. The second-order valence-electron chi connectivity index (χ2n) is 5.37. The van der Waals surface area contributed by atoms with Gasteiger partial charge in [0.15, 0.2) is 0 Å². The fourth-order valence-electron chi connectivity index (χ4n) is 2.59. The maximum Gasteiger partial charge on any atom is 0.150 e. The molecule has 4 nitrogen and oxygen atoms in total. The first-order valence-corrected chi connectivity index (χ1v) is 8.90. The number of nitrogens with zero attached hydrogens (tertiary/aromatic N) is 1. The Labute approximate surface area is 112 Å². The molecule has 0 aromatic carbocycles. The molecule has 0 saturated carbocycles. The highest BCUT2D eigenvalue weighted by molar-refractivity contribution is 7.91. The van der Waals surface area contributed by atoms with Crippen molar-refractivity contribution in [2.45, 2.75) is 39.2 Å². The summed E-state index contributed by atoms with van der Waals surface area (Å²) in [5.74, 6) is 1.31. The zero-order valence-electron chi connectivity index (χ0n) is 12.0. The first-order valence-electron chi connectivity index (χ1n) is 7.08. The first-order chi connectivity index (χ1) is 8.48. The maximum absolute atomic E-state index is 11.4. The summed E-state index contributed by atoms with van der Waals surface area (Å²) < 4.78 is 22.9. The van der Waals surface area contributed by atoms with Gasteiger partial charge < -0.3 is 10.2 Å². The van der Waals surface area contributed by atoms with Crippen LogP contribution >= 0.6 is 0 Å². The molecule has 2 atom stereocenters. The number of hydrogen-bond acceptors (Lipinski definition) is 4. The van der Waals surface area contributed by atoms with E-state index < -0.39 is 9.84 Å². The van der Waals surface area contributed by atoms with Crippen LogP contribution in [0.15, 0.2) is 0 Å². The highest BCUT2D eigenvalue weighted by Gasteiger charge is 2.23. The third-order valence-corrected chi connectivity index (χ3v) is 5.86. The fraction of sp³-hybridized carbons (Fsp3) is 1.00. The van der Waals surface area contributed by atoms with Gasteiger partial charge in [0, 0.05) is 18.3 Å². The monoisotopic (exact) mass is 276 g/mol. The van der Waals surface area contributed by atoms with Crippen LogP contribution in [0.25, 0.3) is 0 Å². The van der Waals surface area contributed by atoms with E-state index in [9.17, 15) is 8.42 Å². The van der Waals surface area contributed by atoms with Crippen LogP contribution in [0.5, 0.6) is 0 Å². The molecule has 0 aliphatic carbocycles. The predicted molar refractivity (Wildman–Crippen MR) is 76.6 cm³/mol. The lowest BCUT2D eigenvalue weighted by Gasteiger charge is -2.35. The molecule has 2 unspecified atom stereocenters. The molecule has 1 N–H and O–H groups in total. The van der Waals surface area contributed by atoms with Gasteiger partial charge in [0.1, 0.15) is 9.84 Å². The predicted octanol–water partition coefficient (Wildman–Crippen LogP) is 1.13. The molecule has 1 heterocycles. The molecule has 1 rings (SSSR count). The minimum atomic E-state index is -2.79. The lowest BCUT2D eigenvalue weighted by molar-refractivity contribution is 0.154. The van der Waals surface area contributed by atoms with Crippen molar-refractivity contribution in [2.75, 3.05) is 38.2 Å². The van der Waals surface area contributed by atoms with Crippen LogP contribution in [-0.2, 0) is 9.84 Å². The highest BCUT2D eigenvalue weighted by atomic mass is 32.2. The molecular weight excluding hydrogens is 248 g/mol. The van der Waals surface area contributed by atoms with Gasteiger partial charge in [-0.3, -0.25) is 0 Å². The second kappa shape index (κ2) is 7.46. The summed E-state index contributed by atoms with van der Waals surface area (Å²) in [6.45, 7) is 7.11. The zero-order chi connectivity index (χ0) is 13.6.